The van der Waals surface area contributed by atoms with Crippen LogP contribution in [-0.4, -0.2) is 13.2 Å². The molecule has 0 aliphatic carbocycles. The highest BCUT2D eigenvalue weighted by Crippen LogP contribution is 2.35. The quantitative estimate of drug-likeness (QED) is 0.560. The molecule has 0 unspecified atom stereocenters. The number of benzene rings is 2. The first-order valence-electron chi connectivity index (χ1n) is 7.27. The molecule has 3 nitrogen and oxygen atoms in total. The first-order valence-corrected chi connectivity index (χ1v) is 7.65. The van der Waals surface area contributed by atoms with Gasteiger partial charge in [0, 0.05) is 16.1 Å². The Labute approximate surface area is 141 Å². The highest BCUT2D eigenvalue weighted by atomic mass is 35.5. The Bertz CT molecular complexity index is 760. The number of hydrogen-bond donors (Lipinski definition) is 0. The number of hydrogen-bond acceptors (Lipinski definition) is 3. The van der Waals surface area contributed by atoms with E-state index in [-0.39, 0.29) is 6.10 Å². The first kappa shape index (κ1) is 16.9. The lowest BCUT2D eigenvalue weighted by molar-refractivity contribution is 0.229. The fraction of sp³-hybridized carbons (Fsp3) is 0.211. The standard InChI is InChI=1S/C19H18ClNO2/c1-13(2)23-19-14(7-6-10-18(19)22-3)11-15(12-21)16-8-4-5-9-17(16)20/h4-11,13H,1-3H3. The second kappa shape index (κ2) is 7.71. The van der Waals surface area contributed by atoms with Crippen LogP contribution in [0.5, 0.6) is 11.5 Å². The summed E-state index contributed by atoms with van der Waals surface area (Å²) in [6, 6.07) is 15.0. The molecule has 0 saturated carbocycles. The topological polar surface area (TPSA) is 42.2 Å². The average molecular weight is 328 g/mol. The van der Waals surface area contributed by atoms with Gasteiger partial charge in [-0.25, -0.2) is 0 Å². The molecule has 0 heterocycles. The normalized spacial score (nSPS) is 11.2. The van der Waals surface area contributed by atoms with Crippen LogP contribution < -0.4 is 9.47 Å². The van der Waals surface area contributed by atoms with Gasteiger partial charge >= 0.3 is 0 Å². The summed E-state index contributed by atoms with van der Waals surface area (Å²) in [5.41, 5.74) is 1.93. The summed E-state index contributed by atoms with van der Waals surface area (Å²) in [6.45, 7) is 3.89. The van der Waals surface area contributed by atoms with E-state index < -0.39 is 0 Å². The summed E-state index contributed by atoms with van der Waals surface area (Å²) in [5.74, 6) is 1.24. The molecule has 0 bridgehead atoms. The van der Waals surface area contributed by atoms with Crippen LogP contribution in [-0.2, 0) is 0 Å². The maximum Gasteiger partial charge on any atom is 0.168 e. The van der Waals surface area contributed by atoms with E-state index in [9.17, 15) is 5.26 Å². The molecule has 0 fully saturated rings. The van der Waals surface area contributed by atoms with Gasteiger partial charge in [0.2, 0.25) is 0 Å². The van der Waals surface area contributed by atoms with Crippen molar-refractivity contribution in [1.29, 1.82) is 5.26 Å². The highest BCUT2D eigenvalue weighted by molar-refractivity contribution is 6.32. The van der Waals surface area contributed by atoms with Gasteiger partial charge in [-0.3, -0.25) is 0 Å². The summed E-state index contributed by atoms with van der Waals surface area (Å²) in [4.78, 5) is 0. The van der Waals surface area contributed by atoms with Crippen molar-refractivity contribution in [2.24, 2.45) is 0 Å². The minimum absolute atomic E-state index is 0.00991. The van der Waals surface area contributed by atoms with Crippen LogP contribution in [0.1, 0.15) is 25.0 Å². The number of methoxy groups -OCH3 is 1. The molecule has 4 heteroatoms. The minimum Gasteiger partial charge on any atom is -0.493 e. The van der Waals surface area contributed by atoms with E-state index in [1.807, 2.05) is 50.2 Å². The summed E-state index contributed by atoms with van der Waals surface area (Å²) < 4.78 is 11.2. The SMILES string of the molecule is COc1cccc(C=C(C#N)c2ccccc2Cl)c1OC(C)C. The fourth-order valence-electron chi connectivity index (χ4n) is 2.17. The van der Waals surface area contributed by atoms with Crippen molar-refractivity contribution < 1.29 is 9.47 Å². The maximum atomic E-state index is 9.52. The lowest BCUT2D eigenvalue weighted by Gasteiger charge is -2.16. The number of ether oxygens (including phenoxy) is 2. The highest BCUT2D eigenvalue weighted by Gasteiger charge is 2.13. The van der Waals surface area contributed by atoms with Crippen LogP contribution in [0.15, 0.2) is 42.5 Å². The van der Waals surface area contributed by atoms with Crippen molar-refractivity contribution in [2.45, 2.75) is 20.0 Å². The van der Waals surface area contributed by atoms with Crippen LogP contribution >= 0.6 is 11.6 Å². The number of para-hydroxylation sites is 1. The number of allylic oxidation sites excluding steroid dienone is 1. The average Bonchev–Trinajstić information content (AvgIpc) is 2.54. The second-order valence-corrected chi connectivity index (χ2v) is 5.60. The van der Waals surface area contributed by atoms with Crippen LogP contribution in [0.2, 0.25) is 5.02 Å². The molecule has 2 aromatic rings. The summed E-state index contributed by atoms with van der Waals surface area (Å²) in [6.07, 6.45) is 1.76. The third kappa shape index (κ3) is 4.06. The Hall–Kier alpha value is -2.44. The zero-order chi connectivity index (χ0) is 16.8. The summed E-state index contributed by atoms with van der Waals surface area (Å²) in [7, 11) is 1.59. The second-order valence-electron chi connectivity index (χ2n) is 5.19. The van der Waals surface area contributed by atoms with Gasteiger partial charge in [0.25, 0.3) is 0 Å². The smallest absolute Gasteiger partial charge is 0.168 e. The summed E-state index contributed by atoms with van der Waals surface area (Å²) >= 11 is 6.20. The Morgan fingerprint density at radius 1 is 1.17 bits per heavy atom. The fourth-order valence-corrected chi connectivity index (χ4v) is 2.41. The van der Waals surface area contributed by atoms with Crippen molar-refractivity contribution in [2.75, 3.05) is 7.11 Å². The molecule has 0 radical (unpaired) electrons. The molecule has 118 valence electrons. The van der Waals surface area contributed by atoms with Gasteiger partial charge in [-0.1, -0.05) is 41.9 Å². The number of halogens is 1. The molecule has 0 spiro atoms. The van der Waals surface area contributed by atoms with E-state index >= 15 is 0 Å². The zero-order valence-electron chi connectivity index (χ0n) is 13.3. The van der Waals surface area contributed by atoms with Gasteiger partial charge in [0.05, 0.1) is 24.9 Å². The van der Waals surface area contributed by atoms with Crippen molar-refractivity contribution in [3.8, 4) is 17.6 Å². The van der Waals surface area contributed by atoms with Gasteiger partial charge in [-0.05, 0) is 32.1 Å². The van der Waals surface area contributed by atoms with Crippen LogP contribution in [0.3, 0.4) is 0 Å². The third-order valence-electron chi connectivity index (χ3n) is 3.17. The van der Waals surface area contributed by atoms with Gasteiger partial charge < -0.3 is 9.47 Å². The van der Waals surface area contributed by atoms with Crippen LogP contribution in [0.25, 0.3) is 11.6 Å². The lowest BCUT2D eigenvalue weighted by Crippen LogP contribution is -2.08. The first-order chi connectivity index (χ1) is 11.1. The Balaban J connectivity index is 2.57. The van der Waals surface area contributed by atoms with E-state index in [0.717, 1.165) is 5.56 Å². The molecule has 0 aliphatic rings. The van der Waals surface area contributed by atoms with Crippen LogP contribution in [0.4, 0.5) is 0 Å². The van der Waals surface area contributed by atoms with Crippen LogP contribution in [0, 0.1) is 11.3 Å². The van der Waals surface area contributed by atoms with Crippen molar-refractivity contribution in [1.82, 2.24) is 0 Å². The number of rotatable bonds is 5. The van der Waals surface area contributed by atoms with E-state index in [4.69, 9.17) is 21.1 Å². The van der Waals surface area contributed by atoms with Gasteiger partial charge in [0.1, 0.15) is 0 Å². The monoisotopic (exact) mass is 327 g/mol. The van der Waals surface area contributed by atoms with Crippen molar-refractivity contribution in [3.05, 3.63) is 58.6 Å². The molecule has 2 aromatic carbocycles. The third-order valence-corrected chi connectivity index (χ3v) is 3.50. The zero-order valence-corrected chi connectivity index (χ0v) is 14.1. The van der Waals surface area contributed by atoms with E-state index in [2.05, 4.69) is 6.07 Å². The van der Waals surface area contributed by atoms with E-state index in [1.54, 1.807) is 19.3 Å². The Morgan fingerprint density at radius 3 is 2.52 bits per heavy atom. The Morgan fingerprint density at radius 2 is 1.91 bits per heavy atom. The Kier molecular flexibility index (Phi) is 5.67. The molecule has 2 rings (SSSR count). The molecule has 0 aromatic heterocycles. The number of nitrogens with zero attached hydrogens (tertiary/aromatic N) is 1. The molecule has 0 saturated heterocycles. The van der Waals surface area contributed by atoms with E-state index in [0.29, 0.717) is 27.7 Å². The number of nitriles is 1. The van der Waals surface area contributed by atoms with Gasteiger partial charge in [0.15, 0.2) is 11.5 Å². The molecule has 0 amide bonds. The summed E-state index contributed by atoms with van der Waals surface area (Å²) in [5, 5.41) is 10.1. The molecule has 0 atom stereocenters. The van der Waals surface area contributed by atoms with Crippen molar-refractivity contribution >= 4 is 23.3 Å². The molecule has 23 heavy (non-hydrogen) atoms. The van der Waals surface area contributed by atoms with Gasteiger partial charge in [-0.15, -0.1) is 0 Å². The molecular weight excluding hydrogens is 310 g/mol. The van der Waals surface area contributed by atoms with Crippen molar-refractivity contribution in [3.63, 3.8) is 0 Å². The maximum absolute atomic E-state index is 9.52. The molecular formula is C19H18ClNO2. The molecule has 0 N–H and O–H groups in total. The largest absolute Gasteiger partial charge is 0.493 e. The predicted molar refractivity (Wildman–Crippen MR) is 93.7 cm³/mol. The predicted octanol–water partition coefficient (Wildman–Crippen LogP) is 5.20. The molecule has 0 aliphatic heterocycles. The van der Waals surface area contributed by atoms with E-state index in [1.165, 1.54) is 0 Å². The van der Waals surface area contributed by atoms with Gasteiger partial charge in [-0.2, -0.15) is 5.26 Å². The lowest BCUT2D eigenvalue weighted by atomic mass is 10.0. The minimum atomic E-state index is -0.00991.